The number of ether oxygens (including phenoxy) is 1. The van der Waals surface area contributed by atoms with E-state index in [0.29, 0.717) is 0 Å². The lowest BCUT2D eigenvalue weighted by atomic mass is 9.98. The van der Waals surface area contributed by atoms with Gasteiger partial charge in [-0.25, -0.2) is 5.11 Å². The molecule has 0 spiro atoms. The van der Waals surface area contributed by atoms with Crippen LogP contribution >= 0.6 is 0 Å². The summed E-state index contributed by atoms with van der Waals surface area (Å²) in [6, 6.07) is 0. The predicted octanol–water partition coefficient (Wildman–Crippen LogP) is 1.54. The standard InChI is InChI=1S/C7H12O2/c8-6-9-7-4-2-1-3-5-7/h4,7H,1-3,5-6H2. The molecule has 1 saturated carbocycles. The molecule has 1 rings (SSSR count). The first-order chi connectivity index (χ1) is 4.43. The molecule has 1 aliphatic rings. The summed E-state index contributed by atoms with van der Waals surface area (Å²) in [5.74, 6) is 0. The maximum absolute atomic E-state index is 9.96. The molecule has 0 heterocycles. The van der Waals surface area contributed by atoms with Gasteiger partial charge in [-0.05, 0) is 19.3 Å². The smallest absolute Gasteiger partial charge is 0.181 e. The van der Waals surface area contributed by atoms with Crippen LogP contribution in [0.2, 0.25) is 0 Å². The third kappa shape index (κ3) is 2.33. The van der Waals surface area contributed by atoms with E-state index in [1.54, 1.807) is 0 Å². The zero-order valence-corrected chi connectivity index (χ0v) is 5.51. The maximum atomic E-state index is 9.96. The SMILES string of the molecule is [O]COC1[CH]CCCC1. The van der Waals surface area contributed by atoms with Gasteiger partial charge in [0, 0.05) is 0 Å². The molecule has 9 heavy (non-hydrogen) atoms. The molecule has 0 amide bonds. The van der Waals surface area contributed by atoms with Crippen LogP contribution < -0.4 is 0 Å². The van der Waals surface area contributed by atoms with Crippen LogP contribution in [-0.2, 0) is 9.84 Å². The summed E-state index contributed by atoms with van der Waals surface area (Å²) in [7, 11) is 0. The lowest BCUT2D eigenvalue weighted by Gasteiger charge is -2.19. The first-order valence-electron chi connectivity index (χ1n) is 3.46. The van der Waals surface area contributed by atoms with Crippen LogP contribution in [0.25, 0.3) is 0 Å². The highest BCUT2D eigenvalue weighted by Crippen LogP contribution is 2.18. The van der Waals surface area contributed by atoms with Crippen molar-refractivity contribution in [3.05, 3.63) is 6.42 Å². The van der Waals surface area contributed by atoms with Crippen molar-refractivity contribution in [2.45, 2.75) is 31.8 Å². The fraction of sp³-hybridized carbons (Fsp3) is 0.857. The van der Waals surface area contributed by atoms with Crippen LogP contribution in [0.1, 0.15) is 25.7 Å². The van der Waals surface area contributed by atoms with E-state index in [1.165, 1.54) is 12.8 Å². The van der Waals surface area contributed by atoms with Crippen molar-refractivity contribution in [1.82, 2.24) is 0 Å². The van der Waals surface area contributed by atoms with Crippen molar-refractivity contribution >= 4 is 0 Å². The fourth-order valence-corrected chi connectivity index (χ4v) is 1.15. The van der Waals surface area contributed by atoms with E-state index in [4.69, 9.17) is 4.74 Å². The Bertz CT molecular complexity index is 64.6. The van der Waals surface area contributed by atoms with Crippen molar-refractivity contribution in [3.63, 3.8) is 0 Å². The van der Waals surface area contributed by atoms with Gasteiger partial charge in [-0.15, -0.1) is 0 Å². The molecule has 0 aliphatic heterocycles. The summed E-state index contributed by atoms with van der Waals surface area (Å²) in [5.41, 5.74) is 0. The molecule has 0 saturated heterocycles. The van der Waals surface area contributed by atoms with Crippen molar-refractivity contribution in [2.75, 3.05) is 6.79 Å². The molecule has 1 fully saturated rings. The van der Waals surface area contributed by atoms with Gasteiger partial charge in [0.15, 0.2) is 6.79 Å². The van der Waals surface area contributed by atoms with Crippen molar-refractivity contribution in [2.24, 2.45) is 0 Å². The van der Waals surface area contributed by atoms with E-state index in [1.807, 2.05) is 0 Å². The monoisotopic (exact) mass is 128 g/mol. The van der Waals surface area contributed by atoms with Gasteiger partial charge < -0.3 is 4.74 Å². The topological polar surface area (TPSA) is 29.1 Å². The summed E-state index contributed by atoms with van der Waals surface area (Å²) >= 11 is 0. The third-order valence-corrected chi connectivity index (χ3v) is 1.65. The van der Waals surface area contributed by atoms with Crippen LogP contribution in [0, 0.1) is 6.42 Å². The van der Waals surface area contributed by atoms with Crippen LogP contribution in [0.4, 0.5) is 0 Å². The molecule has 1 unspecified atom stereocenters. The van der Waals surface area contributed by atoms with Crippen LogP contribution in [0.3, 0.4) is 0 Å². The van der Waals surface area contributed by atoms with E-state index in [-0.39, 0.29) is 12.9 Å². The fourth-order valence-electron chi connectivity index (χ4n) is 1.15. The predicted molar refractivity (Wildman–Crippen MR) is 33.2 cm³/mol. The first kappa shape index (κ1) is 7.03. The minimum Gasteiger partial charge on any atom is -0.349 e. The lowest BCUT2D eigenvalue weighted by molar-refractivity contribution is -0.0790. The summed E-state index contributed by atoms with van der Waals surface area (Å²) in [6.45, 7) is -0.388. The Kier molecular flexibility index (Phi) is 3.01. The minimum absolute atomic E-state index is 0.163. The van der Waals surface area contributed by atoms with Crippen molar-refractivity contribution < 1.29 is 9.84 Å². The highest BCUT2D eigenvalue weighted by molar-refractivity contribution is 4.81. The van der Waals surface area contributed by atoms with Gasteiger partial charge >= 0.3 is 0 Å². The molecule has 0 aromatic rings. The average molecular weight is 128 g/mol. The summed E-state index contributed by atoms with van der Waals surface area (Å²) in [6.07, 6.45) is 6.89. The molecule has 0 bridgehead atoms. The largest absolute Gasteiger partial charge is 0.349 e. The molecule has 0 aromatic carbocycles. The molecule has 2 heteroatoms. The van der Waals surface area contributed by atoms with Crippen LogP contribution in [0.15, 0.2) is 0 Å². The van der Waals surface area contributed by atoms with E-state index in [0.717, 1.165) is 12.8 Å². The summed E-state index contributed by atoms with van der Waals surface area (Å²) in [4.78, 5) is 0. The minimum atomic E-state index is -0.388. The van der Waals surface area contributed by atoms with Gasteiger partial charge in [-0.1, -0.05) is 12.8 Å². The first-order valence-corrected chi connectivity index (χ1v) is 3.46. The van der Waals surface area contributed by atoms with Gasteiger partial charge in [-0.2, -0.15) is 0 Å². The summed E-state index contributed by atoms with van der Waals surface area (Å²) < 4.78 is 4.87. The lowest BCUT2D eigenvalue weighted by Crippen LogP contribution is -2.17. The molecule has 2 nitrogen and oxygen atoms in total. The zero-order valence-electron chi connectivity index (χ0n) is 5.51. The Balaban J connectivity index is 2.08. The zero-order chi connectivity index (χ0) is 6.53. The quantitative estimate of drug-likeness (QED) is 0.518. The Morgan fingerprint density at radius 3 is 3.00 bits per heavy atom. The van der Waals surface area contributed by atoms with Gasteiger partial charge in [0.05, 0.1) is 6.10 Å². The second-order valence-electron chi connectivity index (χ2n) is 2.34. The van der Waals surface area contributed by atoms with Crippen molar-refractivity contribution in [1.29, 1.82) is 0 Å². The second kappa shape index (κ2) is 3.85. The molecule has 1 atom stereocenters. The number of hydrogen-bond acceptors (Lipinski definition) is 1. The molecule has 52 valence electrons. The van der Waals surface area contributed by atoms with Gasteiger partial charge in [0.2, 0.25) is 0 Å². The molecule has 1 aliphatic carbocycles. The van der Waals surface area contributed by atoms with E-state index in [9.17, 15) is 5.11 Å². The Hall–Kier alpha value is -0.0800. The normalized spacial score (nSPS) is 22.3. The Labute approximate surface area is 55.8 Å². The van der Waals surface area contributed by atoms with Gasteiger partial charge in [0.1, 0.15) is 0 Å². The molecular weight excluding hydrogens is 116 g/mol. The second-order valence-corrected chi connectivity index (χ2v) is 2.34. The molecule has 0 aromatic heterocycles. The average Bonchev–Trinajstić information content (AvgIpc) is 1.91. The van der Waals surface area contributed by atoms with E-state index >= 15 is 0 Å². The third-order valence-electron chi connectivity index (χ3n) is 1.65. The van der Waals surface area contributed by atoms with E-state index < -0.39 is 0 Å². The molecule has 0 N–H and O–H groups in total. The van der Waals surface area contributed by atoms with Gasteiger partial charge in [-0.3, -0.25) is 0 Å². The Morgan fingerprint density at radius 1 is 1.56 bits per heavy atom. The van der Waals surface area contributed by atoms with Crippen LogP contribution in [0.5, 0.6) is 0 Å². The number of hydrogen-bond donors (Lipinski definition) is 0. The Morgan fingerprint density at radius 2 is 2.44 bits per heavy atom. The van der Waals surface area contributed by atoms with E-state index in [2.05, 4.69) is 6.42 Å². The highest BCUT2D eigenvalue weighted by Gasteiger charge is 2.12. The summed E-state index contributed by atoms with van der Waals surface area (Å²) in [5, 5.41) is 9.96. The highest BCUT2D eigenvalue weighted by atomic mass is 16.6. The van der Waals surface area contributed by atoms with Crippen LogP contribution in [-0.4, -0.2) is 12.9 Å². The van der Waals surface area contributed by atoms with Crippen molar-refractivity contribution in [3.8, 4) is 0 Å². The maximum Gasteiger partial charge on any atom is 0.181 e. The molecule has 2 radical (unpaired) electrons. The van der Waals surface area contributed by atoms with Gasteiger partial charge in [0.25, 0.3) is 0 Å². The molecular formula is C7H12O2. The number of rotatable bonds is 2.